The lowest BCUT2D eigenvalue weighted by Crippen LogP contribution is -2.43. The number of rotatable bonds is 6. The van der Waals surface area contributed by atoms with E-state index in [2.05, 4.69) is 18.0 Å². The minimum absolute atomic E-state index is 0.00206. The number of aldehydes is 1. The van der Waals surface area contributed by atoms with Crippen molar-refractivity contribution in [3.8, 4) is 0 Å². The highest BCUT2D eigenvalue weighted by molar-refractivity contribution is 5.61. The Kier molecular flexibility index (Phi) is 5.69. The summed E-state index contributed by atoms with van der Waals surface area (Å²) >= 11 is 0. The zero-order valence-corrected chi connectivity index (χ0v) is 17.5. The molecule has 0 bridgehead atoms. The first-order valence-corrected chi connectivity index (χ1v) is 10.0. The second kappa shape index (κ2) is 8.24. The van der Waals surface area contributed by atoms with Gasteiger partial charge in [-0.2, -0.15) is 0 Å². The van der Waals surface area contributed by atoms with Gasteiger partial charge in [0.1, 0.15) is 18.1 Å². The number of ether oxygens (including phenoxy) is 5. The Bertz CT molecular complexity index is 795. The fourth-order valence-electron chi connectivity index (χ4n) is 4.98. The van der Waals surface area contributed by atoms with Gasteiger partial charge >= 0.3 is 0 Å². The monoisotopic (exact) mass is 403 g/mol. The average molecular weight is 403 g/mol. The number of carbonyl (C=O) groups is 1. The van der Waals surface area contributed by atoms with Crippen LogP contribution in [0.3, 0.4) is 0 Å². The van der Waals surface area contributed by atoms with Crippen LogP contribution in [0.5, 0.6) is 0 Å². The average Bonchev–Trinajstić information content (AvgIpc) is 3.21. The molecule has 0 spiro atoms. The molecular weight excluding hydrogens is 374 g/mol. The SMILES string of the molecule is COC1=C(OC)[C@H](C=O)C(CC2C3=C(CCN2C)C[C@@H]2OCOC2=C3OC)C=C1. The summed E-state index contributed by atoms with van der Waals surface area (Å²) in [4.78, 5) is 14.3. The van der Waals surface area contributed by atoms with E-state index in [1.54, 1.807) is 21.3 Å². The van der Waals surface area contributed by atoms with Crippen LogP contribution in [0.1, 0.15) is 19.3 Å². The molecule has 0 aromatic rings. The van der Waals surface area contributed by atoms with E-state index in [0.717, 1.165) is 43.6 Å². The van der Waals surface area contributed by atoms with Gasteiger partial charge in [0.05, 0.1) is 27.2 Å². The van der Waals surface area contributed by atoms with Crippen LogP contribution in [0.2, 0.25) is 0 Å². The molecule has 0 aromatic carbocycles. The molecule has 2 heterocycles. The van der Waals surface area contributed by atoms with Gasteiger partial charge in [0.25, 0.3) is 0 Å². The molecule has 7 nitrogen and oxygen atoms in total. The first-order chi connectivity index (χ1) is 14.1. The lowest BCUT2D eigenvalue weighted by Gasteiger charge is -2.41. The maximum atomic E-state index is 12.0. The summed E-state index contributed by atoms with van der Waals surface area (Å²) in [5.74, 6) is 2.42. The summed E-state index contributed by atoms with van der Waals surface area (Å²) < 4.78 is 28.2. The number of methoxy groups -OCH3 is 3. The molecule has 4 aliphatic rings. The van der Waals surface area contributed by atoms with Crippen LogP contribution in [0, 0.1) is 11.8 Å². The fraction of sp³-hybridized carbons (Fsp3) is 0.591. The Labute approximate surface area is 171 Å². The van der Waals surface area contributed by atoms with Crippen molar-refractivity contribution in [2.45, 2.75) is 31.4 Å². The number of carbonyl (C=O) groups excluding carboxylic acids is 1. The van der Waals surface area contributed by atoms with Crippen molar-refractivity contribution in [1.29, 1.82) is 0 Å². The van der Waals surface area contributed by atoms with Crippen molar-refractivity contribution < 1.29 is 28.5 Å². The summed E-state index contributed by atoms with van der Waals surface area (Å²) in [5.41, 5.74) is 2.56. The van der Waals surface area contributed by atoms with E-state index in [1.165, 1.54) is 11.1 Å². The van der Waals surface area contributed by atoms with Gasteiger partial charge in [0.15, 0.2) is 24.1 Å². The lowest BCUT2D eigenvalue weighted by molar-refractivity contribution is -0.112. The smallest absolute Gasteiger partial charge is 0.189 e. The molecule has 1 fully saturated rings. The summed E-state index contributed by atoms with van der Waals surface area (Å²) in [6.45, 7) is 1.23. The second-order valence-corrected chi connectivity index (χ2v) is 7.84. The van der Waals surface area contributed by atoms with Crippen LogP contribution in [-0.2, 0) is 28.5 Å². The van der Waals surface area contributed by atoms with Gasteiger partial charge in [-0.3, -0.25) is 4.90 Å². The molecule has 0 saturated carbocycles. The van der Waals surface area contributed by atoms with E-state index in [4.69, 9.17) is 23.7 Å². The lowest BCUT2D eigenvalue weighted by atomic mass is 9.76. The molecule has 2 aliphatic carbocycles. The number of likely N-dealkylation sites (N-methyl/N-ethyl adjacent to an activating group) is 1. The molecule has 0 radical (unpaired) electrons. The molecule has 0 N–H and O–H groups in total. The summed E-state index contributed by atoms with van der Waals surface area (Å²) in [5, 5.41) is 0. The molecule has 4 rings (SSSR count). The van der Waals surface area contributed by atoms with Crippen molar-refractivity contribution in [2.24, 2.45) is 11.8 Å². The number of hydrogen-bond donors (Lipinski definition) is 0. The molecule has 4 atom stereocenters. The number of allylic oxidation sites excluding steroid dienone is 3. The van der Waals surface area contributed by atoms with Gasteiger partial charge in [-0.05, 0) is 31.9 Å². The third-order valence-corrected chi connectivity index (χ3v) is 6.48. The van der Waals surface area contributed by atoms with Crippen LogP contribution in [0.4, 0.5) is 0 Å². The Hall–Kier alpha value is -2.25. The summed E-state index contributed by atoms with van der Waals surface area (Å²) in [6.07, 6.45) is 7.48. The third-order valence-electron chi connectivity index (χ3n) is 6.48. The van der Waals surface area contributed by atoms with Gasteiger partial charge in [-0.1, -0.05) is 11.6 Å². The van der Waals surface area contributed by atoms with Crippen LogP contribution < -0.4 is 0 Å². The van der Waals surface area contributed by atoms with E-state index in [9.17, 15) is 4.79 Å². The molecule has 0 aromatic heterocycles. The first-order valence-electron chi connectivity index (χ1n) is 10.0. The van der Waals surface area contributed by atoms with E-state index in [0.29, 0.717) is 11.5 Å². The van der Waals surface area contributed by atoms with Gasteiger partial charge in [-0.15, -0.1) is 0 Å². The Balaban J connectivity index is 1.66. The maximum Gasteiger partial charge on any atom is 0.189 e. The van der Waals surface area contributed by atoms with Gasteiger partial charge in [0, 0.05) is 24.6 Å². The molecule has 2 aliphatic heterocycles. The van der Waals surface area contributed by atoms with E-state index >= 15 is 0 Å². The summed E-state index contributed by atoms with van der Waals surface area (Å²) in [7, 11) is 6.99. The van der Waals surface area contributed by atoms with Gasteiger partial charge in [-0.25, -0.2) is 0 Å². The molecule has 7 heteroatoms. The number of hydrogen-bond acceptors (Lipinski definition) is 7. The largest absolute Gasteiger partial charge is 0.496 e. The molecular formula is C22H29NO6. The normalized spacial score (nSPS) is 32.0. The van der Waals surface area contributed by atoms with Crippen molar-refractivity contribution in [3.63, 3.8) is 0 Å². The molecule has 0 amide bonds. The quantitative estimate of drug-likeness (QED) is 0.632. The predicted molar refractivity (Wildman–Crippen MR) is 105 cm³/mol. The third kappa shape index (κ3) is 3.36. The minimum Gasteiger partial charge on any atom is -0.496 e. The number of fused-ring (bicyclic) bond motifs is 1. The van der Waals surface area contributed by atoms with Crippen LogP contribution in [-0.4, -0.2) is 65.0 Å². The van der Waals surface area contributed by atoms with Crippen molar-refractivity contribution in [3.05, 3.63) is 46.3 Å². The zero-order chi connectivity index (χ0) is 20.5. The van der Waals surface area contributed by atoms with E-state index in [-0.39, 0.29) is 30.8 Å². The highest BCUT2D eigenvalue weighted by atomic mass is 16.7. The van der Waals surface area contributed by atoms with E-state index < -0.39 is 0 Å². The van der Waals surface area contributed by atoms with Crippen LogP contribution >= 0.6 is 0 Å². The highest BCUT2D eigenvalue weighted by Gasteiger charge is 2.43. The Morgan fingerprint density at radius 2 is 2.07 bits per heavy atom. The van der Waals surface area contributed by atoms with Gasteiger partial charge in [0.2, 0.25) is 0 Å². The second-order valence-electron chi connectivity index (χ2n) is 7.84. The van der Waals surface area contributed by atoms with Crippen molar-refractivity contribution >= 4 is 6.29 Å². The van der Waals surface area contributed by atoms with E-state index in [1.807, 2.05) is 6.08 Å². The van der Waals surface area contributed by atoms with Crippen LogP contribution in [0.15, 0.2) is 46.3 Å². The molecule has 158 valence electrons. The molecule has 29 heavy (non-hydrogen) atoms. The van der Waals surface area contributed by atoms with Crippen LogP contribution in [0.25, 0.3) is 0 Å². The standard InChI is InChI=1S/C22H29NO6/c1-23-8-7-14-10-18-21(29-12-28-18)22(27-4)19(14)16(23)9-13-5-6-17(25-2)20(26-3)15(13)11-24/h5-6,11,13,15-16,18H,7-10,12H2,1-4H3/t13?,15-,16?,18+/m1/s1. The molecule has 1 saturated heterocycles. The van der Waals surface area contributed by atoms with Crippen molar-refractivity contribution in [2.75, 3.05) is 41.7 Å². The maximum absolute atomic E-state index is 12.0. The number of nitrogens with zero attached hydrogens (tertiary/aromatic N) is 1. The Morgan fingerprint density at radius 3 is 2.76 bits per heavy atom. The minimum atomic E-state index is -0.375. The fourth-order valence-corrected chi connectivity index (χ4v) is 4.98. The predicted octanol–water partition coefficient (Wildman–Crippen LogP) is 2.52. The first kappa shape index (κ1) is 20.0. The summed E-state index contributed by atoms with van der Waals surface area (Å²) in [6, 6.07) is 0.116. The highest BCUT2D eigenvalue weighted by Crippen LogP contribution is 2.44. The zero-order valence-electron chi connectivity index (χ0n) is 17.5. The van der Waals surface area contributed by atoms with Crippen molar-refractivity contribution in [1.82, 2.24) is 4.90 Å². The van der Waals surface area contributed by atoms with Gasteiger partial charge < -0.3 is 28.5 Å². The molecule has 2 unspecified atom stereocenters. The topological polar surface area (TPSA) is 66.5 Å². The Morgan fingerprint density at radius 1 is 1.24 bits per heavy atom.